The van der Waals surface area contributed by atoms with Gasteiger partial charge in [0.25, 0.3) is 0 Å². The van der Waals surface area contributed by atoms with Gasteiger partial charge in [-0.2, -0.15) is 0 Å². The van der Waals surface area contributed by atoms with Crippen molar-refractivity contribution < 1.29 is 4.42 Å². The molecule has 0 bridgehead atoms. The lowest BCUT2D eigenvalue weighted by Crippen LogP contribution is -2.02. The number of nitrogens with zero attached hydrogens (tertiary/aromatic N) is 4. The Balaban J connectivity index is 1.14. The molecule has 0 unspecified atom stereocenters. The van der Waals surface area contributed by atoms with Gasteiger partial charge in [-0.25, -0.2) is 9.97 Å². The predicted molar refractivity (Wildman–Crippen MR) is 201 cm³/mol. The number of aryl methyl sites for hydroxylation is 1. The number of aromatic nitrogens is 4. The first-order chi connectivity index (χ1) is 24.3. The molecular weight excluding hydrogens is 601 g/mol. The van der Waals surface area contributed by atoms with Crippen molar-refractivity contribution in [1.29, 1.82) is 0 Å². The van der Waals surface area contributed by atoms with Gasteiger partial charge in [0.15, 0.2) is 5.65 Å². The zero-order valence-corrected chi connectivity index (χ0v) is 26.3. The summed E-state index contributed by atoms with van der Waals surface area (Å²) in [5, 5.41) is 8.16. The highest BCUT2D eigenvalue weighted by molar-refractivity contribution is 6.32. The number of furan rings is 1. The van der Waals surface area contributed by atoms with Crippen LogP contribution in [0.2, 0.25) is 0 Å². The van der Waals surface area contributed by atoms with E-state index in [2.05, 4.69) is 142 Å². The third-order valence-electron chi connectivity index (χ3n) is 10.7. The van der Waals surface area contributed by atoms with E-state index in [1.807, 2.05) is 0 Å². The quantitative estimate of drug-likeness (QED) is 0.192. The fourth-order valence-corrected chi connectivity index (χ4v) is 8.51. The molecule has 1 aliphatic carbocycles. The number of allylic oxidation sites excluding steroid dienone is 1. The van der Waals surface area contributed by atoms with Crippen molar-refractivity contribution in [2.45, 2.75) is 12.8 Å². The highest BCUT2D eigenvalue weighted by atomic mass is 16.3. The summed E-state index contributed by atoms with van der Waals surface area (Å²) in [4.78, 5) is 10.5. The summed E-state index contributed by atoms with van der Waals surface area (Å²) in [6, 6.07) is 43.7. The van der Waals surface area contributed by atoms with Crippen LogP contribution in [0.3, 0.4) is 0 Å². The van der Waals surface area contributed by atoms with Crippen LogP contribution in [0, 0.1) is 0 Å². The van der Waals surface area contributed by atoms with Crippen molar-refractivity contribution in [3.05, 3.63) is 139 Å². The maximum Gasteiger partial charge on any atom is 0.164 e. The highest BCUT2D eigenvalue weighted by Gasteiger charge is 2.26. The molecule has 0 atom stereocenters. The van der Waals surface area contributed by atoms with E-state index in [4.69, 9.17) is 14.4 Å². The Morgan fingerprint density at radius 3 is 2.20 bits per heavy atom. The summed E-state index contributed by atoms with van der Waals surface area (Å²) in [7, 11) is 0. The molecule has 228 valence electrons. The van der Waals surface area contributed by atoms with E-state index in [-0.39, 0.29) is 0 Å². The van der Waals surface area contributed by atoms with Gasteiger partial charge in [0.2, 0.25) is 0 Å². The Hall–Kier alpha value is -6.46. The average Bonchev–Trinajstić information content (AvgIpc) is 3.89. The summed E-state index contributed by atoms with van der Waals surface area (Å²) in [6.45, 7) is 0. The molecule has 6 aromatic carbocycles. The van der Waals surface area contributed by atoms with Crippen molar-refractivity contribution in [3.63, 3.8) is 0 Å². The van der Waals surface area contributed by atoms with Gasteiger partial charge >= 0.3 is 0 Å². The van der Waals surface area contributed by atoms with E-state index >= 15 is 0 Å². The molecule has 0 spiro atoms. The summed E-state index contributed by atoms with van der Waals surface area (Å²) >= 11 is 0. The number of para-hydroxylation sites is 3. The van der Waals surface area contributed by atoms with Gasteiger partial charge in [0.1, 0.15) is 16.7 Å². The molecule has 49 heavy (non-hydrogen) atoms. The van der Waals surface area contributed by atoms with Crippen LogP contribution in [0.25, 0.3) is 105 Å². The number of fused-ring (bicyclic) bond motifs is 14. The summed E-state index contributed by atoms with van der Waals surface area (Å²) in [5.74, 6) is 0. The highest BCUT2D eigenvalue weighted by Crippen LogP contribution is 2.46. The first-order valence-corrected chi connectivity index (χ1v) is 16.9. The van der Waals surface area contributed by atoms with E-state index in [0.29, 0.717) is 0 Å². The summed E-state index contributed by atoms with van der Waals surface area (Å²) < 4.78 is 11.4. The zero-order chi connectivity index (χ0) is 31.8. The fourth-order valence-electron chi connectivity index (χ4n) is 8.51. The van der Waals surface area contributed by atoms with E-state index in [0.717, 1.165) is 85.0 Å². The van der Waals surface area contributed by atoms with Crippen LogP contribution in [-0.4, -0.2) is 18.9 Å². The monoisotopic (exact) mass is 626 g/mol. The number of hydrogen-bond donors (Lipinski definition) is 0. The third kappa shape index (κ3) is 3.29. The molecule has 5 nitrogen and oxygen atoms in total. The maximum absolute atomic E-state index is 6.78. The van der Waals surface area contributed by atoms with Crippen molar-refractivity contribution in [2.24, 2.45) is 0 Å². The van der Waals surface area contributed by atoms with Crippen LogP contribution in [0.4, 0.5) is 0 Å². The van der Waals surface area contributed by atoms with Crippen LogP contribution < -0.4 is 0 Å². The van der Waals surface area contributed by atoms with Gasteiger partial charge < -0.3 is 8.98 Å². The van der Waals surface area contributed by atoms with Crippen LogP contribution in [0.5, 0.6) is 0 Å². The molecule has 5 heterocycles. The molecule has 0 saturated heterocycles. The topological polar surface area (TPSA) is 48.3 Å². The molecular formula is C44H26N4O. The lowest BCUT2D eigenvalue weighted by molar-refractivity contribution is 0.673. The number of hydrogen-bond acceptors (Lipinski definition) is 3. The molecule has 1 aliphatic rings. The van der Waals surface area contributed by atoms with Gasteiger partial charge in [0.05, 0.1) is 38.8 Å². The number of benzene rings is 6. The van der Waals surface area contributed by atoms with E-state index in [9.17, 15) is 0 Å². The Labute approximate surface area is 279 Å². The lowest BCUT2D eigenvalue weighted by Gasteiger charge is -2.08. The Morgan fingerprint density at radius 1 is 0.592 bits per heavy atom. The SMILES string of the molecule is C1=Cc2nc3c4c5oc6ccc(-c7ccc8c(c7)c7ccccc7n8-c7ccccc7)cc6c5cc5c6ccccc6n(c3nc2CC1)c54. The minimum Gasteiger partial charge on any atom is -0.455 e. The van der Waals surface area contributed by atoms with Crippen molar-refractivity contribution in [1.82, 2.24) is 18.9 Å². The minimum absolute atomic E-state index is 0.873. The second kappa shape index (κ2) is 9.12. The van der Waals surface area contributed by atoms with E-state index in [1.54, 1.807) is 0 Å². The molecule has 0 saturated carbocycles. The molecule has 11 aromatic rings. The smallest absolute Gasteiger partial charge is 0.164 e. The minimum atomic E-state index is 0.873. The van der Waals surface area contributed by atoms with Crippen molar-refractivity contribution >= 4 is 88.2 Å². The fraction of sp³-hybridized carbons (Fsp3) is 0.0455. The third-order valence-corrected chi connectivity index (χ3v) is 10.7. The second-order valence-electron chi connectivity index (χ2n) is 13.3. The molecule has 5 heteroatoms. The van der Waals surface area contributed by atoms with Gasteiger partial charge in [-0.1, -0.05) is 72.8 Å². The Morgan fingerprint density at radius 2 is 1.33 bits per heavy atom. The van der Waals surface area contributed by atoms with Crippen LogP contribution >= 0.6 is 0 Å². The Bertz CT molecular complexity index is 3210. The number of rotatable bonds is 2. The summed E-state index contributed by atoms with van der Waals surface area (Å²) in [6.07, 6.45) is 6.22. The first-order valence-electron chi connectivity index (χ1n) is 16.9. The zero-order valence-electron chi connectivity index (χ0n) is 26.3. The lowest BCUT2D eigenvalue weighted by atomic mass is 9.99. The summed E-state index contributed by atoms with van der Waals surface area (Å²) in [5.41, 5.74) is 13.8. The standard InChI is InChI=1S/C44H26N4O/c1-2-10-27(11-3-1)47-36-16-8-4-12-28(36)30-22-25(18-20-38(30)47)26-19-21-39-31(23-26)33-24-32-29-13-5-9-17-37(29)48-42(32)40(43(33)49-39)41-44(48)46-35-15-7-6-14-34(35)45-41/h1-6,8-14,16-24H,7,15H2. The normalized spacial score (nSPS) is 13.5. The van der Waals surface area contributed by atoms with Gasteiger partial charge in [-0.15, -0.1) is 0 Å². The van der Waals surface area contributed by atoms with Crippen molar-refractivity contribution in [3.8, 4) is 16.8 Å². The van der Waals surface area contributed by atoms with E-state index in [1.165, 1.54) is 38.1 Å². The van der Waals surface area contributed by atoms with Crippen molar-refractivity contribution in [2.75, 3.05) is 0 Å². The average molecular weight is 627 g/mol. The predicted octanol–water partition coefficient (Wildman–Crippen LogP) is 11.2. The van der Waals surface area contributed by atoms with Crippen LogP contribution in [0.1, 0.15) is 17.8 Å². The van der Waals surface area contributed by atoms with E-state index < -0.39 is 0 Å². The molecule has 5 aromatic heterocycles. The van der Waals surface area contributed by atoms with Crippen LogP contribution in [-0.2, 0) is 6.42 Å². The molecule has 0 radical (unpaired) electrons. The van der Waals surface area contributed by atoms with Crippen LogP contribution in [0.15, 0.2) is 132 Å². The maximum atomic E-state index is 6.78. The molecule has 0 N–H and O–H groups in total. The van der Waals surface area contributed by atoms with Gasteiger partial charge in [-0.05, 0) is 84.6 Å². The second-order valence-corrected chi connectivity index (χ2v) is 13.3. The molecule has 0 aliphatic heterocycles. The van der Waals surface area contributed by atoms with Gasteiger partial charge in [-0.3, -0.25) is 4.40 Å². The molecule has 12 rings (SSSR count). The first kappa shape index (κ1) is 25.6. The molecule has 0 fully saturated rings. The van der Waals surface area contributed by atoms with Gasteiger partial charge in [0, 0.05) is 38.0 Å². The molecule has 0 amide bonds. The Kier molecular flexibility index (Phi) is 4.76. The largest absolute Gasteiger partial charge is 0.455 e.